The lowest BCUT2D eigenvalue weighted by molar-refractivity contribution is -0.137. The van der Waals surface area contributed by atoms with E-state index >= 15 is 0 Å². The molecule has 1 aromatic rings. The molecule has 0 saturated heterocycles. The van der Waals surface area contributed by atoms with Crippen molar-refractivity contribution < 1.29 is 13.2 Å². The Labute approximate surface area is 106 Å². The summed E-state index contributed by atoms with van der Waals surface area (Å²) in [5.74, 6) is 0. The number of hydrogen-bond donors (Lipinski definition) is 1. The molecule has 1 aromatic carbocycles. The van der Waals surface area contributed by atoms with Gasteiger partial charge in [-0.05, 0) is 24.1 Å². The van der Waals surface area contributed by atoms with Crippen LogP contribution in [0.5, 0.6) is 0 Å². The van der Waals surface area contributed by atoms with Crippen molar-refractivity contribution in [2.45, 2.75) is 38.4 Å². The number of nitrogens with two attached hydrogens (primary N) is 1. The molecule has 1 rings (SSSR count). The second-order valence-corrected chi connectivity index (χ2v) is 3.87. The topological polar surface area (TPSA) is 26.0 Å². The van der Waals surface area contributed by atoms with E-state index in [2.05, 4.69) is 0 Å². The van der Waals surface area contributed by atoms with Gasteiger partial charge in [-0.2, -0.15) is 13.2 Å². The first-order valence-electron chi connectivity index (χ1n) is 5.38. The Morgan fingerprint density at radius 1 is 1.29 bits per heavy atom. The van der Waals surface area contributed by atoms with E-state index in [1.54, 1.807) is 6.07 Å². The molecule has 1 nitrogen and oxygen atoms in total. The molecule has 0 aromatic heterocycles. The van der Waals surface area contributed by atoms with Crippen LogP contribution in [0.4, 0.5) is 13.2 Å². The van der Waals surface area contributed by atoms with Crippen LogP contribution in [0.25, 0.3) is 0 Å². The summed E-state index contributed by atoms with van der Waals surface area (Å²) in [6.07, 6.45) is -1.65. The molecule has 0 spiro atoms. The molecule has 2 N–H and O–H groups in total. The number of unbranched alkanes of at least 4 members (excludes halogenated alkanes) is 1. The Morgan fingerprint density at radius 2 is 1.94 bits per heavy atom. The minimum absolute atomic E-state index is 0. The van der Waals surface area contributed by atoms with Crippen molar-refractivity contribution in [1.82, 2.24) is 0 Å². The quantitative estimate of drug-likeness (QED) is 0.864. The highest BCUT2D eigenvalue weighted by Crippen LogP contribution is 2.31. The molecule has 0 aliphatic heterocycles. The molecule has 0 aliphatic carbocycles. The second kappa shape index (κ2) is 6.87. The zero-order valence-electron chi connectivity index (χ0n) is 9.63. The maximum atomic E-state index is 12.4. The molecule has 0 unspecified atom stereocenters. The van der Waals surface area contributed by atoms with Crippen molar-refractivity contribution in [2.75, 3.05) is 0 Å². The number of rotatable bonds is 4. The van der Waals surface area contributed by atoms with Crippen molar-refractivity contribution in [3.63, 3.8) is 0 Å². The minimum atomic E-state index is -4.29. The smallest absolute Gasteiger partial charge is 0.324 e. The largest absolute Gasteiger partial charge is 0.416 e. The fraction of sp³-hybridized carbons (Fsp3) is 0.500. The van der Waals surface area contributed by atoms with Crippen LogP contribution < -0.4 is 5.73 Å². The monoisotopic (exact) mass is 267 g/mol. The van der Waals surface area contributed by atoms with Gasteiger partial charge in [-0.1, -0.05) is 31.9 Å². The van der Waals surface area contributed by atoms with Gasteiger partial charge in [0, 0.05) is 6.04 Å². The molecule has 0 bridgehead atoms. The van der Waals surface area contributed by atoms with Crippen molar-refractivity contribution >= 4 is 12.4 Å². The van der Waals surface area contributed by atoms with Crippen LogP contribution in [0.15, 0.2) is 24.3 Å². The van der Waals surface area contributed by atoms with E-state index in [0.717, 1.165) is 31.4 Å². The van der Waals surface area contributed by atoms with Crippen LogP contribution in [0.1, 0.15) is 43.4 Å². The first-order chi connectivity index (χ1) is 7.45. The molecule has 17 heavy (non-hydrogen) atoms. The first-order valence-corrected chi connectivity index (χ1v) is 5.38. The van der Waals surface area contributed by atoms with Crippen LogP contribution in [-0.4, -0.2) is 0 Å². The van der Waals surface area contributed by atoms with Gasteiger partial charge in [0.05, 0.1) is 5.56 Å². The minimum Gasteiger partial charge on any atom is -0.324 e. The fourth-order valence-electron chi connectivity index (χ4n) is 1.54. The third-order valence-corrected chi connectivity index (χ3v) is 2.51. The highest BCUT2D eigenvalue weighted by Gasteiger charge is 2.30. The van der Waals surface area contributed by atoms with Gasteiger partial charge in [0.15, 0.2) is 0 Å². The van der Waals surface area contributed by atoms with E-state index in [9.17, 15) is 13.2 Å². The lowest BCUT2D eigenvalue weighted by Crippen LogP contribution is -2.12. The molecule has 0 heterocycles. The van der Waals surface area contributed by atoms with Gasteiger partial charge >= 0.3 is 6.18 Å². The summed E-state index contributed by atoms with van der Waals surface area (Å²) < 4.78 is 37.3. The molecule has 5 heteroatoms. The Kier molecular flexibility index (Phi) is 6.57. The molecule has 0 aliphatic rings. The van der Waals surface area contributed by atoms with Crippen molar-refractivity contribution in [3.8, 4) is 0 Å². The molecule has 0 radical (unpaired) electrons. The molecule has 98 valence electrons. The molecule has 0 saturated carbocycles. The standard InChI is InChI=1S/C12H16F3N.ClH/c1-2-3-7-11(16)9-5-4-6-10(8-9)12(13,14)15;/h4-6,8,11H,2-3,7,16H2,1H3;1H/t11-;/m1./s1. The summed E-state index contributed by atoms with van der Waals surface area (Å²) in [7, 11) is 0. The van der Waals surface area contributed by atoms with E-state index in [1.165, 1.54) is 6.07 Å². The summed E-state index contributed by atoms with van der Waals surface area (Å²) in [5, 5.41) is 0. The van der Waals surface area contributed by atoms with Crippen LogP contribution in [0.2, 0.25) is 0 Å². The normalized spacial score (nSPS) is 13.0. The van der Waals surface area contributed by atoms with E-state index in [4.69, 9.17) is 5.73 Å². The number of hydrogen-bond acceptors (Lipinski definition) is 1. The first kappa shape index (κ1) is 16.3. The van der Waals surface area contributed by atoms with E-state index in [1.807, 2.05) is 6.92 Å². The van der Waals surface area contributed by atoms with Crippen LogP contribution in [0.3, 0.4) is 0 Å². The van der Waals surface area contributed by atoms with Gasteiger partial charge in [-0.3, -0.25) is 0 Å². The lowest BCUT2D eigenvalue weighted by atomic mass is 10.00. The molecule has 0 amide bonds. The average molecular weight is 268 g/mol. The number of halogens is 4. The third-order valence-electron chi connectivity index (χ3n) is 2.51. The fourth-order valence-corrected chi connectivity index (χ4v) is 1.54. The van der Waals surface area contributed by atoms with Gasteiger partial charge in [-0.25, -0.2) is 0 Å². The zero-order valence-corrected chi connectivity index (χ0v) is 10.4. The molecular formula is C12H17ClF3N. The predicted molar refractivity (Wildman–Crippen MR) is 65.1 cm³/mol. The summed E-state index contributed by atoms with van der Waals surface area (Å²) in [4.78, 5) is 0. The maximum absolute atomic E-state index is 12.4. The van der Waals surface area contributed by atoms with Gasteiger partial charge < -0.3 is 5.73 Å². The SMILES string of the molecule is CCCC[C@@H](N)c1cccc(C(F)(F)F)c1.Cl. The van der Waals surface area contributed by atoms with E-state index < -0.39 is 11.7 Å². The van der Waals surface area contributed by atoms with E-state index in [0.29, 0.717) is 5.56 Å². The summed E-state index contributed by atoms with van der Waals surface area (Å²) >= 11 is 0. The van der Waals surface area contributed by atoms with Crippen molar-refractivity contribution in [1.29, 1.82) is 0 Å². The zero-order chi connectivity index (χ0) is 12.2. The lowest BCUT2D eigenvalue weighted by Gasteiger charge is -2.14. The Hall–Kier alpha value is -0.740. The summed E-state index contributed by atoms with van der Waals surface area (Å²) in [6, 6.07) is 4.96. The highest BCUT2D eigenvalue weighted by molar-refractivity contribution is 5.85. The second-order valence-electron chi connectivity index (χ2n) is 3.87. The summed E-state index contributed by atoms with van der Waals surface area (Å²) in [6.45, 7) is 2.03. The molecular weight excluding hydrogens is 251 g/mol. The van der Waals surface area contributed by atoms with Gasteiger partial charge in [0.25, 0.3) is 0 Å². The maximum Gasteiger partial charge on any atom is 0.416 e. The van der Waals surface area contributed by atoms with Crippen LogP contribution in [0, 0.1) is 0 Å². The third kappa shape index (κ3) is 4.96. The van der Waals surface area contributed by atoms with Gasteiger partial charge in [0.2, 0.25) is 0 Å². The van der Waals surface area contributed by atoms with Crippen molar-refractivity contribution in [2.24, 2.45) is 5.73 Å². The van der Waals surface area contributed by atoms with E-state index in [-0.39, 0.29) is 18.4 Å². The van der Waals surface area contributed by atoms with Gasteiger partial charge in [-0.15, -0.1) is 12.4 Å². The Bertz CT molecular complexity index is 339. The number of benzene rings is 1. The number of alkyl halides is 3. The molecule has 0 fully saturated rings. The Balaban J connectivity index is 0.00000256. The van der Waals surface area contributed by atoms with Crippen LogP contribution in [-0.2, 0) is 6.18 Å². The molecule has 1 atom stereocenters. The van der Waals surface area contributed by atoms with Crippen molar-refractivity contribution in [3.05, 3.63) is 35.4 Å². The predicted octanol–water partition coefficient (Wildman–Crippen LogP) is 4.32. The summed E-state index contributed by atoms with van der Waals surface area (Å²) in [5.41, 5.74) is 5.76. The average Bonchev–Trinajstić information content (AvgIpc) is 2.25. The highest BCUT2D eigenvalue weighted by atomic mass is 35.5. The van der Waals surface area contributed by atoms with Crippen LogP contribution >= 0.6 is 12.4 Å². The van der Waals surface area contributed by atoms with Gasteiger partial charge in [0.1, 0.15) is 0 Å². The Morgan fingerprint density at radius 3 is 2.47 bits per heavy atom.